The fraction of sp³-hybridized carbons (Fsp3) is 0.0667. The standard InChI is InChI=1S/C15H11N3O3/c1-9-5-6-13-12(7-9)14(15(19)17-13)16-10-3-2-4-11(8-10)18(20)21/h2-8H,1H3,(H,16,17,19). The van der Waals surface area contributed by atoms with E-state index in [-0.39, 0.29) is 17.3 Å². The summed E-state index contributed by atoms with van der Waals surface area (Å²) in [5, 5.41) is 13.5. The molecule has 6 nitrogen and oxygen atoms in total. The largest absolute Gasteiger partial charge is 0.320 e. The van der Waals surface area contributed by atoms with E-state index in [1.54, 1.807) is 12.1 Å². The number of hydrogen-bond donors (Lipinski definition) is 1. The second kappa shape index (κ2) is 4.82. The van der Waals surface area contributed by atoms with Crippen LogP contribution in [0, 0.1) is 17.0 Å². The van der Waals surface area contributed by atoms with Crippen molar-refractivity contribution in [3.05, 3.63) is 63.7 Å². The highest BCUT2D eigenvalue weighted by Gasteiger charge is 2.26. The lowest BCUT2D eigenvalue weighted by Gasteiger charge is -2.00. The number of anilines is 1. The molecule has 2 aromatic carbocycles. The van der Waals surface area contributed by atoms with Crippen LogP contribution in [-0.4, -0.2) is 16.5 Å². The number of aryl methyl sites for hydroxylation is 1. The van der Waals surface area contributed by atoms with E-state index in [9.17, 15) is 14.9 Å². The quantitative estimate of drug-likeness (QED) is 0.678. The van der Waals surface area contributed by atoms with Gasteiger partial charge in [-0.25, -0.2) is 4.99 Å². The molecule has 0 unspecified atom stereocenters. The van der Waals surface area contributed by atoms with Crippen molar-refractivity contribution >= 4 is 28.7 Å². The Labute approximate surface area is 120 Å². The SMILES string of the molecule is Cc1ccc2c(c1)C(=Nc1cccc([N+](=O)[O-])c1)C(=O)N2. The van der Waals surface area contributed by atoms with E-state index in [0.717, 1.165) is 5.56 Å². The summed E-state index contributed by atoms with van der Waals surface area (Å²) in [6, 6.07) is 11.5. The van der Waals surface area contributed by atoms with Gasteiger partial charge in [-0.2, -0.15) is 0 Å². The molecule has 1 amide bonds. The minimum atomic E-state index is -0.490. The molecule has 1 heterocycles. The zero-order valence-corrected chi connectivity index (χ0v) is 11.2. The molecule has 1 N–H and O–H groups in total. The third kappa shape index (κ3) is 2.38. The van der Waals surface area contributed by atoms with Crippen LogP contribution in [0.3, 0.4) is 0 Å². The number of fused-ring (bicyclic) bond motifs is 1. The average Bonchev–Trinajstić information content (AvgIpc) is 2.75. The van der Waals surface area contributed by atoms with Crippen molar-refractivity contribution in [3.63, 3.8) is 0 Å². The topological polar surface area (TPSA) is 84.6 Å². The molecule has 0 spiro atoms. The van der Waals surface area contributed by atoms with Gasteiger partial charge in [-0.1, -0.05) is 17.7 Å². The van der Waals surface area contributed by atoms with Crippen molar-refractivity contribution in [2.24, 2.45) is 4.99 Å². The summed E-state index contributed by atoms with van der Waals surface area (Å²) in [5.41, 5.74) is 3.02. The van der Waals surface area contributed by atoms with Crippen LogP contribution in [0.1, 0.15) is 11.1 Å². The monoisotopic (exact) mass is 281 g/mol. The van der Waals surface area contributed by atoms with Gasteiger partial charge in [-0.05, 0) is 25.1 Å². The van der Waals surface area contributed by atoms with Gasteiger partial charge >= 0.3 is 0 Å². The normalized spacial score (nSPS) is 14.9. The molecular formula is C15H11N3O3. The molecule has 0 atom stereocenters. The Kier molecular flexibility index (Phi) is 2.98. The lowest BCUT2D eigenvalue weighted by atomic mass is 10.1. The van der Waals surface area contributed by atoms with E-state index >= 15 is 0 Å². The first-order valence-electron chi connectivity index (χ1n) is 6.30. The van der Waals surface area contributed by atoms with Crippen molar-refractivity contribution in [2.45, 2.75) is 6.92 Å². The maximum Gasteiger partial charge on any atom is 0.275 e. The van der Waals surface area contributed by atoms with E-state index in [2.05, 4.69) is 10.3 Å². The summed E-state index contributed by atoms with van der Waals surface area (Å²) < 4.78 is 0. The maximum absolute atomic E-state index is 12.0. The Hall–Kier alpha value is -3.02. The number of nitrogens with one attached hydrogen (secondary N) is 1. The molecule has 0 aromatic heterocycles. The van der Waals surface area contributed by atoms with Crippen molar-refractivity contribution in [3.8, 4) is 0 Å². The number of nitro groups is 1. The second-order valence-electron chi connectivity index (χ2n) is 4.74. The summed E-state index contributed by atoms with van der Waals surface area (Å²) in [6.07, 6.45) is 0. The highest BCUT2D eigenvalue weighted by Crippen LogP contribution is 2.27. The highest BCUT2D eigenvalue weighted by molar-refractivity contribution is 6.54. The van der Waals surface area contributed by atoms with Gasteiger partial charge in [0, 0.05) is 17.7 Å². The van der Waals surface area contributed by atoms with Crippen molar-refractivity contribution in [1.82, 2.24) is 0 Å². The zero-order valence-electron chi connectivity index (χ0n) is 11.2. The van der Waals surface area contributed by atoms with Crippen LogP contribution >= 0.6 is 0 Å². The number of hydrogen-bond acceptors (Lipinski definition) is 4. The molecule has 104 valence electrons. The van der Waals surface area contributed by atoms with Gasteiger partial charge in [0.25, 0.3) is 11.6 Å². The molecule has 2 aromatic rings. The van der Waals surface area contributed by atoms with Gasteiger partial charge in [0.15, 0.2) is 0 Å². The molecule has 0 saturated heterocycles. The number of benzene rings is 2. The third-order valence-corrected chi connectivity index (χ3v) is 3.17. The van der Waals surface area contributed by atoms with Crippen molar-refractivity contribution in [2.75, 3.05) is 5.32 Å². The summed E-state index contributed by atoms with van der Waals surface area (Å²) in [6.45, 7) is 1.92. The number of nitrogens with zero attached hydrogens (tertiary/aromatic N) is 2. The minimum absolute atomic E-state index is 0.0558. The number of amides is 1. The van der Waals surface area contributed by atoms with E-state index in [0.29, 0.717) is 16.9 Å². The molecule has 6 heteroatoms. The Bertz CT molecular complexity index is 797. The van der Waals surface area contributed by atoms with Crippen molar-refractivity contribution in [1.29, 1.82) is 0 Å². The summed E-state index contributed by atoms with van der Waals surface area (Å²) in [7, 11) is 0. The molecule has 0 bridgehead atoms. The predicted octanol–water partition coefficient (Wildman–Crippen LogP) is 2.98. The minimum Gasteiger partial charge on any atom is -0.320 e. The molecule has 0 radical (unpaired) electrons. The average molecular weight is 281 g/mol. The first-order valence-corrected chi connectivity index (χ1v) is 6.30. The number of carbonyl (C=O) groups excluding carboxylic acids is 1. The smallest absolute Gasteiger partial charge is 0.275 e. The molecule has 0 fully saturated rings. The molecular weight excluding hydrogens is 270 g/mol. The van der Waals surface area contributed by atoms with E-state index in [1.807, 2.05) is 25.1 Å². The first kappa shape index (κ1) is 13.0. The number of carbonyl (C=O) groups is 1. The fourth-order valence-electron chi connectivity index (χ4n) is 2.18. The van der Waals surface area contributed by atoms with Gasteiger partial charge in [-0.3, -0.25) is 14.9 Å². The molecule has 1 aliphatic rings. The van der Waals surface area contributed by atoms with Gasteiger partial charge in [0.1, 0.15) is 5.71 Å². The van der Waals surface area contributed by atoms with Gasteiger partial charge in [0.05, 0.1) is 16.3 Å². The fourth-order valence-corrected chi connectivity index (χ4v) is 2.18. The van der Waals surface area contributed by atoms with Gasteiger partial charge < -0.3 is 5.32 Å². The van der Waals surface area contributed by atoms with Crippen LogP contribution in [0.15, 0.2) is 47.5 Å². The van der Waals surface area contributed by atoms with E-state index in [1.165, 1.54) is 12.1 Å². The molecule has 21 heavy (non-hydrogen) atoms. The number of aliphatic imine (C=N–C) groups is 1. The maximum atomic E-state index is 12.0. The van der Waals surface area contributed by atoms with Crippen LogP contribution in [0.25, 0.3) is 0 Å². The summed E-state index contributed by atoms with van der Waals surface area (Å²) >= 11 is 0. The Morgan fingerprint density at radius 1 is 1.19 bits per heavy atom. The first-order chi connectivity index (χ1) is 10.0. The molecule has 0 saturated carbocycles. The molecule has 1 aliphatic heterocycles. The Morgan fingerprint density at radius 2 is 2.00 bits per heavy atom. The molecule has 0 aliphatic carbocycles. The second-order valence-corrected chi connectivity index (χ2v) is 4.74. The highest BCUT2D eigenvalue weighted by atomic mass is 16.6. The lowest BCUT2D eigenvalue weighted by Crippen LogP contribution is -2.13. The van der Waals surface area contributed by atoms with Crippen LogP contribution in [-0.2, 0) is 4.79 Å². The van der Waals surface area contributed by atoms with Crippen LogP contribution in [0.2, 0.25) is 0 Å². The van der Waals surface area contributed by atoms with Crippen molar-refractivity contribution < 1.29 is 9.72 Å². The van der Waals surface area contributed by atoms with Gasteiger partial charge in [0.2, 0.25) is 0 Å². The summed E-state index contributed by atoms with van der Waals surface area (Å²) in [4.78, 5) is 26.5. The number of non-ortho nitro benzene ring substituents is 1. The van der Waals surface area contributed by atoms with Crippen LogP contribution in [0.4, 0.5) is 17.1 Å². The van der Waals surface area contributed by atoms with E-state index < -0.39 is 4.92 Å². The number of nitro benzene ring substituents is 1. The van der Waals surface area contributed by atoms with Gasteiger partial charge in [-0.15, -0.1) is 0 Å². The van der Waals surface area contributed by atoms with Crippen LogP contribution in [0.5, 0.6) is 0 Å². The van der Waals surface area contributed by atoms with E-state index in [4.69, 9.17) is 0 Å². The Balaban J connectivity index is 2.08. The third-order valence-electron chi connectivity index (χ3n) is 3.17. The number of rotatable bonds is 2. The predicted molar refractivity (Wildman–Crippen MR) is 79.1 cm³/mol. The molecule has 3 rings (SSSR count). The van der Waals surface area contributed by atoms with Crippen LogP contribution < -0.4 is 5.32 Å². The summed E-state index contributed by atoms with van der Waals surface area (Å²) in [5.74, 6) is -0.304. The lowest BCUT2D eigenvalue weighted by molar-refractivity contribution is -0.384. The Morgan fingerprint density at radius 3 is 2.76 bits per heavy atom. The zero-order chi connectivity index (χ0) is 15.0.